The summed E-state index contributed by atoms with van der Waals surface area (Å²) in [5.41, 5.74) is 7.64. The molecule has 0 saturated heterocycles. The first-order chi connectivity index (χ1) is 29.4. The van der Waals surface area contributed by atoms with Crippen LogP contribution in [-0.4, -0.2) is 79.5 Å². The fourth-order valence-electron chi connectivity index (χ4n) is 6.69. The van der Waals surface area contributed by atoms with Gasteiger partial charge in [0, 0.05) is 30.6 Å². The summed E-state index contributed by atoms with van der Waals surface area (Å²) in [6.45, 7) is 4.17. The van der Waals surface area contributed by atoms with Gasteiger partial charge >= 0.3 is 0 Å². The number of anilines is 2. The van der Waals surface area contributed by atoms with E-state index in [9.17, 15) is 0 Å². The van der Waals surface area contributed by atoms with E-state index in [1.165, 1.54) is 15.9 Å². The molecule has 18 nitrogen and oxygen atoms in total. The quantitative estimate of drug-likeness (QED) is 0.155. The largest absolute Gasteiger partial charge is 0.348 e. The summed E-state index contributed by atoms with van der Waals surface area (Å²) in [6.07, 6.45) is 7.00. The Morgan fingerprint density at radius 3 is 1.58 bits per heavy atom. The molecule has 0 aliphatic carbocycles. The Labute approximate surface area is 343 Å². The highest BCUT2D eigenvalue weighted by Gasteiger charge is 2.14. The van der Waals surface area contributed by atoms with Crippen molar-refractivity contribution in [3.05, 3.63) is 145 Å². The number of hydrogen-bond acceptors (Lipinski definition) is 14. The molecule has 0 fully saturated rings. The average Bonchev–Trinajstić information content (AvgIpc) is 4.11. The summed E-state index contributed by atoms with van der Waals surface area (Å²) < 4.78 is 5.51. The Hall–Kier alpha value is -8.28. The van der Waals surface area contributed by atoms with Crippen molar-refractivity contribution >= 4 is 34.0 Å². The number of fused-ring (bicyclic) bond motifs is 2. The highest BCUT2D eigenvalue weighted by molar-refractivity contribution is 5.83. The van der Waals surface area contributed by atoms with Crippen molar-refractivity contribution in [3.8, 4) is 34.4 Å². The predicted molar refractivity (Wildman–Crippen MR) is 226 cm³/mol. The van der Waals surface area contributed by atoms with Crippen LogP contribution in [-0.2, 0) is 14.1 Å². The lowest BCUT2D eigenvalue weighted by molar-refractivity contribution is 0.630. The van der Waals surface area contributed by atoms with Gasteiger partial charge in [-0.1, -0.05) is 60.7 Å². The maximum absolute atomic E-state index is 4.68. The molecule has 10 rings (SSSR count). The molecule has 0 aliphatic rings. The summed E-state index contributed by atoms with van der Waals surface area (Å²) >= 11 is 0. The zero-order chi connectivity index (χ0) is 41.0. The van der Waals surface area contributed by atoms with Crippen LogP contribution in [0.15, 0.2) is 134 Å². The standard InChI is InChI=1S/2C21H19N9/c1-14(15-6-4-3-5-7-15)24-21-22-11-10-19(25-21)30-13-23-17-12-16(8-9-18(17)30)20-26-27-28-29(20)2;1-14(15-6-4-3-5-7-15)24-21-22-11-10-19(25-21)30-13-23-17-12-16(8-9-18(17)30)20-26-28-29(2)27-20/h2*3-14H,1-2H3,(H,22,24,25)/t2*14-/m00/s1. The first-order valence-corrected chi connectivity index (χ1v) is 19.1. The number of aromatic nitrogens is 16. The molecule has 6 heterocycles. The SMILES string of the molecule is C[C@H](Nc1nccc(-n2cnc3cc(-c4nnn(C)n4)ccc32)n1)c1ccccc1.C[C@H](Nc1nccc(-n2cnc3cc(-c4nnnn4C)ccc32)n1)c1ccccc1. The third kappa shape index (κ3) is 7.84. The highest BCUT2D eigenvalue weighted by atomic mass is 15.6. The second kappa shape index (κ2) is 16.3. The molecule has 296 valence electrons. The Morgan fingerprint density at radius 2 is 1.08 bits per heavy atom. The maximum atomic E-state index is 4.68. The molecule has 10 aromatic rings. The van der Waals surface area contributed by atoms with Crippen molar-refractivity contribution in [1.82, 2.24) is 79.5 Å². The molecule has 0 radical (unpaired) electrons. The van der Waals surface area contributed by atoms with Gasteiger partial charge in [-0.05, 0) is 89.1 Å². The molecule has 2 atom stereocenters. The first-order valence-electron chi connectivity index (χ1n) is 19.1. The van der Waals surface area contributed by atoms with Gasteiger partial charge in [0.05, 0.1) is 41.2 Å². The van der Waals surface area contributed by atoms with Gasteiger partial charge in [-0.25, -0.2) is 24.6 Å². The van der Waals surface area contributed by atoms with Gasteiger partial charge in [-0.2, -0.15) is 14.8 Å². The van der Waals surface area contributed by atoms with Crippen molar-refractivity contribution in [3.63, 3.8) is 0 Å². The van der Waals surface area contributed by atoms with Crippen molar-refractivity contribution in [1.29, 1.82) is 0 Å². The minimum Gasteiger partial charge on any atom is -0.348 e. The van der Waals surface area contributed by atoms with Gasteiger partial charge in [0.25, 0.3) is 0 Å². The topological polar surface area (TPSA) is 198 Å². The zero-order valence-corrected chi connectivity index (χ0v) is 33.0. The van der Waals surface area contributed by atoms with Crippen molar-refractivity contribution in [2.45, 2.75) is 25.9 Å². The van der Waals surface area contributed by atoms with Crippen LogP contribution >= 0.6 is 0 Å². The van der Waals surface area contributed by atoms with Gasteiger partial charge in [-0.3, -0.25) is 9.13 Å². The van der Waals surface area contributed by atoms with Crippen LogP contribution in [0.1, 0.15) is 37.1 Å². The van der Waals surface area contributed by atoms with Crippen molar-refractivity contribution < 1.29 is 0 Å². The van der Waals surface area contributed by atoms with E-state index in [-0.39, 0.29) is 12.1 Å². The molecule has 18 heteroatoms. The van der Waals surface area contributed by atoms with Gasteiger partial charge in [0.2, 0.25) is 17.7 Å². The number of nitrogens with zero attached hydrogens (tertiary/aromatic N) is 16. The molecule has 6 aromatic heterocycles. The van der Waals surface area contributed by atoms with E-state index in [0.29, 0.717) is 23.5 Å². The number of hydrogen-bond donors (Lipinski definition) is 2. The molecule has 0 bridgehead atoms. The van der Waals surface area contributed by atoms with Gasteiger partial charge < -0.3 is 10.6 Å². The number of imidazole rings is 2. The molecule has 0 aliphatic heterocycles. The molecular formula is C42H38N18. The van der Waals surface area contributed by atoms with Crippen molar-refractivity contribution in [2.24, 2.45) is 14.1 Å². The summed E-state index contributed by atoms with van der Waals surface area (Å²) in [5, 5.41) is 30.6. The van der Waals surface area contributed by atoms with E-state index in [4.69, 9.17) is 0 Å². The molecule has 60 heavy (non-hydrogen) atoms. The van der Waals surface area contributed by atoms with Crippen molar-refractivity contribution in [2.75, 3.05) is 10.6 Å². The highest BCUT2D eigenvalue weighted by Crippen LogP contribution is 2.26. The van der Waals surface area contributed by atoms with Gasteiger partial charge in [0.1, 0.15) is 24.3 Å². The molecule has 2 N–H and O–H groups in total. The van der Waals surface area contributed by atoms with Crippen LogP contribution in [0, 0.1) is 0 Å². The number of nitrogens with one attached hydrogen (secondary N) is 2. The number of aryl methyl sites for hydroxylation is 2. The lowest BCUT2D eigenvalue weighted by Crippen LogP contribution is -2.10. The van der Waals surface area contributed by atoms with E-state index in [1.54, 1.807) is 36.8 Å². The number of benzene rings is 4. The third-order valence-electron chi connectivity index (χ3n) is 9.81. The normalized spacial score (nSPS) is 12.2. The zero-order valence-electron chi connectivity index (χ0n) is 33.0. The van der Waals surface area contributed by atoms with Crippen LogP contribution in [0.5, 0.6) is 0 Å². The van der Waals surface area contributed by atoms with E-state index in [0.717, 1.165) is 44.8 Å². The summed E-state index contributed by atoms with van der Waals surface area (Å²) in [5.74, 6) is 3.86. The van der Waals surface area contributed by atoms with Crippen LogP contribution in [0.2, 0.25) is 0 Å². The molecule has 0 unspecified atom stereocenters. The van der Waals surface area contributed by atoms with Crippen LogP contribution in [0.4, 0.5) is 11.9 Å². The third-order valence-corrected chi connectivity index (χ3v) is 9.81. The first kappa shape index (κ1) is 37.3. The minimum atomic E-state index is 0.0861. The lowest BCUT2D eigenvalue weighted by atomic mass is 10.1. The maximum Gasteiger partial charge on any atom is 0.225 e. The van der Waals surface area contributed by atoms with Crippen LogP contribution in [0.25, 0.3) is 56.5 Å². The predicted octanol–water partition coefficient (Wildman–Crippen LogP) is 6.36. The number of tetrazole rings is 2. The fourth-order valence-corrected chi connectivity index (χ4v) is 6.69. The average molecular weight is 795 g/mol. The lowest BCUT2D eigenvalue weighted by Gasteiger charge is -2.14. The van der Waals surface area contributed by atoms with Crippen LogP contribution in [0.3, 0.4) is 0 Å². The summed E-state index contributed by atoms with van der Waals surface area (Å²) in [4.78, 5) is 28.6. The minimum absolute atomic E-state index is 0.0861. The molecule has 4 aromatic carbocycles. The summed E-state index contributed by atoms with van der Waals surface area (Å²) in [6, 6.07) is 36.1. The number of rotatable bonds is 10. The van der Waals surface area contributed by atoms with Gasteiger partial charge in [0.15, 0.2) is 5.82 Å². The van der Waals surface area contributed by atoms with E-state index in [2.05, 4.69) is 110 Å². The Balaban J connectivity index is 0.000000154. The van der Waals surface area contributed by atoms with Crippen LogP contribution < -0.4 is 10.6 Å². The smallest absolute Gasteiger partial charge is 0.225 e. The fraction of sp³-hybridized carbons (Fsp3) is 0.143. The molecular weight excluding hydrogens is 757 g/mol. The Bertz CT molecular complexity index is 3020. The molecule has 0 amide bonds. The Morgan fingerprint density at radius 1 is 0.550 bits per heavy atom. The van der Waals surface area contributed by atoms with E-state index in [1.807, 2.05) is 101 Å². The molecule has 0 spiro atoms. The second-order valence-corrected chi connectivity index (χ2v) is 13.9. The van der Waals surface area contributed by atoms with Gasteiger partial charge in [-0.15, -0.1) is 15.3 Å². The second-order valence-electron chi connectivity index (χ2n) is 13.9. The van der Waals surface area contributed by atoms with E-state index >= 15 is 0 Å². The summed E-state index contributed by atoms with van der Waals surface area (Å²) in [7, 11) is 3.55. The molecule has 0 saturated carbocycles. The monoisotopic (exact) mass is 794 g/mol. The Kier molecular flexibility index (Phi) is 10.1. The van der Waals surface area contributed by atoms with E-state index < -0.39 is 0 Å².